The molecule has 0 bridgehead atoms. The van der Waals surface area contributed by atoms with E-state index in [1.807, 2.05) is 32.9 Å². The third kappa shape index (κ3) is 3.42. The summed E-state index contributed by atoms with van der Waals surface area (Å²) >= 11 is 1.35. The van der Waals surface area contributed by atoms with Crippen LogP contribution >= 0.6 is 11.3 Å². The Morgan fingerprint density at radius 1 is 1.10 bits per heavy atom. The van der Waals surface area contributed by atoms with Gasteiger partial charge in [-0.05, 0) is 38.5 Å². The molecule has 2 rings (SSSR count). The van der Waals surface area contributed by atoms with Gasteiger partial charge in [0.15, 0.2) is 5.13 Å². The standard InChI is InChI=1S/C14H15N3O2S/c1-8-5-4-6-11(7-8)16-12(18)13(19)17-14-15-9(2)10(3)20-14/h4-7H,1-3H3,(H,16,18)(H,15,17,19). The number of anilines is 2. The first-order valence-corrected chi connectivity index (χ1v) is 6.90. The molecule has 0 saturated carbocycles. The molecule has 6 heteroatoms. The van der Waals surface area contributed by atoms with E-state index in [4.69, 9.17) is 0 Å². The van der Waals surface area contributed by atoms with Crippen LogP contribution in [0.2, 0.25) is 0 Å². The first-order valence-electron chi connectivity index (χ1n) is 6.09. The molecule has 2 amide bonds. The Labute approximate surface area is 121 Å². The van der Waals surface area contributed by atoms with Crippen LogP contribution in [0.25, 0.3) is 0 Å². The fourth-order valence-electron chi connectivity index (χ4n) is 1.59. The lowest BCUT2D eigenvalue weighted by Crippen LogP contribution is -2.29. The van der Waals surface area contributed by atoms with Crippen LogP contribution in [0.5, 0.6) is 0 Å². The van der Waals surface area contributed by atoms with Crippen molar-refractivity contribution < 1.29 is 9.59 Å². The molecule has 1 aromatic heterocycles. The van der Waals surface area contributed by atoms with Gasteiger partial charge in [-0.15, -0.1) is 11.3 Å². The van der Waals surface area contributed by atoms with Crippen molar-refractivity contribution >= 4 is 34.0 Å². The predicted molar refractivity (Wildman–Crippen MR) is 80.0 cm³/mol. The zero-order valence-corrected chi connectivity index (χ0v) is 12.3. The van der Waals surface area contributed by atoms with Crippen molar-refractivity contribution in [2.75, 3.05) is 10.6 Å². The van der Waals surface area contributed by atoms with E-state index in [0.29, 0.717) is 10.8 Å². The van der Waals surface area contributed by atoms with Crippen molar-refractivity contribution in [1.29, 1.82) is 0 Å². The highest BCUT2D eigenvalue weighted by Gasteiger charge is 2.16. The maximum absolute atomic E-state index is 11.8. The summed E-state index contributed by atoms with van der Waals surface area (Å²) in [6.07, 6.45) is 0. The first-order chi connectivity index (χ1) is 9.45. The second-order valence-corrected chi connectivity index (χ2v) is 5.64. The molecule has 2 aromatic rings. The molecule has 0 saturated heterocycles. The molecule has 2 N–H and O–H groups in total. The Kier molecular flexibility index (Phi) is 4.14. The summed E-state index contributed by atoms with van der Waals surface area (Å²) in [5.74, 6) is -1.43. The molecule has 0 atom stereocenters. The fourth-order valence-corrected chi connectivity index (χ4v) is 2.40. The molecule has 5 nitrogen and oxygen atoms in total. The number of hydrogen-bond acceptors (Lipinski definition) is 4. The van der Waals surface area contributed by atoms with Crippen molar-refractivity contribution in [2.24, 2.45) is 0 Å². The van der Waals surface area contributed by atoms with Gasteiger partial charge in [0.05, 0.1) is 5.69 Å². The lowest BCUT2D eigenvalue weighted by atomic mass is 10.2. The summed E-state index contributed by atoms with van der Waals surface area (Å²) in [5.41, 5.74) is 2.45. The van der Waals surface area contributed by atoms with Gasteiger partial charge in [-0.2, -0.15) is 0 Å². The Morgan fingerprint density at radius 2 is 1.80 bits per heavy atom. The molecule has 0 radical (unpaired) electrons. The fraction of sp³-hybridized carbons (Fsp3) is 0.214. The summed E-state index contributed by atoms with van der Waals surface area (Å²) < 4.78 is 0. The van der Waals surface area contributed by atoms with E-state index in [1.54, 1.807) is 12.1 Å². The minimum Gasteiger partial charge on any atom is -0.318 e. The number of benzene rings is 1. The third-order valence-electron chi connectivity index (χ3n) is 2.73. The highest BCUT2D eigenvalue weighted by molar-refractivity contribution is 7.15. The van der Waals surface area contributed by atoms with Crippen LogP contribution < -0.4 is 10.6 Å². The second-order valence-electron chi connectivity index (χ2n) is 4.44. The zero-order valence-electron chi connectivity index (χ0n) is 11.5. The molecule has 0 aliphatic carbocycles. The van der Waals surface area contributed by atoms with Gasteiger partial charge in [0, 0.05) is 10.6 Å². The van der Waals surface area contributed by atoms with Gasteiger partial charge in [-0.1, -0.05) is 12.1 Å². The van der Waals surface area contributed by atoms with Crippen LogP contribution in [-0.2, 0) is 9.59 Å². The van der Waals surface area contributed by atoms with E-state index in [-0.39, 0.29) is 0 Å². The van der Waals surface area contributed by atoms with Gasteiger partial charge < -0.3 is 5.32 Å². The van der Waals surface area contributed by atoms with Crippen molar-refractivity contribution in [3.63, 3.8) is 0 Å². The molecule has 1 aromatic carbocycles. The number of aryl methyl sites for hydroxylation is 3. The summed E-state index contributed by atoms with van der Waals surface area (Å²) in [6.45, 7) is 5.68. The van der Waals surface area contributed by atoms with E-state index >= 15 is 0 Å². The summed E-state index contributed by atoms with van der Waals surface area (Å²) in [4.78, 5) is 28.7. The van der Waals surface area contributed by atoms with Gasteiger partial charge in [-0.3, -0.25) is 14.9 Å². The Balaban J connectivity index is 2.00. The SMILES string of the molecule is Cc1cccc(NC(=O)C(=O)Nc2nc(C)c(C)s2)c1. The largest absolute Gasteiger partial charge is 0.318 e. The van der Waals surface area contributed by atoms with E-state index in [1.165, 1.54) is 11.3 Å². The van der Waals surface area contributed by atoms with Gasteiger partial charge in [0.25, 0.3) is 0 Å². The number of carbonyl (C=O) groups is 2. The minimum absolute atomic E-state index is 0.435. The van der Waals surface area contributed by atoms with Crippen molar-refractivity contribution in [3.8, 4) is 0 Å². The van der Waals surface area contributed by atoms with Crippen LogP contribution in [0.1, 0.15) is 16.1 Å². The minimum atomic E-state index is -0.722. The number of nitrogens with zero attached hydrogens (tertiary/aromatic N) is 1. The lowest BCUT2D eigenvalue weighted by molar-refractivity contribution is -0.132. The Morgan fingerprint density at radius 3 is 2.40 bits per heavy atom. The quantitative estimate of drug-likeness (QED) is 0.835. The highest BCUT2D eigenvalue weighted by atomic mass is 32.1. The number of nitrogens with one attached hydrogen (secondary N) is 2. The van der Waals surface area contributed by atoms with E-state index in [2.05, 4.69) is 15.6 Å². The predicted octanol–water partition coefficient (Wildman–Crippen LogP) is 2.65. The van der Waals surface area contributed by atoms with Crippen LogP contribution in [0.3, 0.4) is 0 Å². The third-order valence-corrected chi connectivity index (χ3v) is 3.72. The highest BCUT2D eigenvalue weighted by Crippen LogP contribution is 2.21. The Bertz CT molecular complexity index is 645. The number of carbonyl (C=O) groups excluding carboxylic acids is 2. The Hall–Kier alpha value is -2.21. The second kappa shape index (κ2) is 5.83. The van der Waals surface area contributed by atoms with Crippen molar-refractivity contribution in [2.45, 2.75) is 20.8 Å². The molecule has 20 heavy (non-hydrogen) atoms. The maximum atomic E-state index is 11.8. The summed E-state index contributed by atoms with van der Waals surface area (Å²) in [6, 6.07) is 7.26. The average Bonchev–Trinajstić information content (AvgIpc) is 2.68. The van der Waals surface area contributed by atoms with Crippen LogP contribution in [-0.4, -0.2) is 16.8 Å². The molecule has 0 aliphatic rings. The normalized spacial score (nSPS) is 10.2. The van der Waals surface area contributed by atoms with Crippen molar-refractivity contribution in [3.05, 3.63) is 40.4 Å². The summed E-state index contributed by atoms with van der Waals surface area (Å²) in [7, 11) is 0. The number of amides is 2. The topological polar surface area (TPSA) is 71.1 Å². The smallest absolute Gasteiger partial charge is 0.315 e. The maximum Gasteiger partial charge on any atom is 0.315 e. The number of rotatable bonds is 2. The van der Waals surface area contributed by atoms with Gasteiger partial charge in [0.1, 0.15) is 0 Å². The molecule has 104 valence electrons. The van der Waals surface area contributed by atoms with E-state index in [9.17, 15) is 9.59 Å². The van der Waals surface area contributed by atoms with Crippen LogP contribution in [0.4, 0.5) is 10.8 Å². The molecule has 0 fully saturated rings. The molecule has 0 spiro atoms. The van der Waals surface area contributed by atoms with Gasteiger partial charge in [0.2, 0.25) is 0 Å². The van der Waals surface area contributed by atoms with Gasteiger partial charge in [-0.25, -0.2) is 4.98 Å². The van der Waals surface area contributed by atoms with E-state index in [0.717, 1.165) is 16.1 Å². The summed E-state index contributed by atoms with van der Waals surface area (Å²) in [5, 5.41) is 5.48. The number of aromatic nitrogens is 1. The monoisotopic (exact) mass is 289 g/mol. The van der Waals surface area contributed by atoms with Crippen molar-refractivity contribution in [1.82, 2.24) is 4.98 Å². The van der Waals surface area contributed by atoms with E-state index < -0.39 is 11.8 Å². The molecular formula is C14H15N3O2S. The lowest BCUT2D eigenvalue weighted by Gasteiger charge is -2.05. The molecule has 0 unspecified atom stereocenters. The van der Waals surface area contributed by atoms with Crippen LogP contribution in [0.15, 0.2) is 24.3 Å². The first kappa shape index (κ1) is 14.2. The number of thiazole rings is 1. The molecule has 1 heterocycles. The van der Waals surface area contributed by atoms with Gasteiger partial charge >= 0.3 is 11.8 Å². The number of hydrogen-bond donors (Lipinski definition) is 2. The molecular weight excluding hydrogens is 274 g/mol. The molecule has 0 aliphatic heterocycles. The zero-order chi connectivity index (χ0) is 14.7. The van der Waals surface area contributed by atoms with Crippen LogP contribution in [0, 0.1) is 20.8 Å². The average molecular weight is 289 g/mol.